The molecule has 0 N–H and O–H groups in total. The first-order valence-corrected chi connectivity index (χ1v) is 7.12. The van der Waals surface area contributed by atoms with E-state index >= 15 is 0 Å². The summed E-state index contributed by atoms with van der Waals surface area (Å²) in [5.74, 6) is 1.60. The summed E-state index contributed by atoms with van der Waals surface area (Å²) in [6.07, 6.45) is 2.53. The van der Waals surface area contributed by atoms with Gasteiger partial charge in [-0.3, -0.25) is 4.79 Å². The third kappa shape index (κ3) is 3.97. The van der Waals surface area contributed by atoms with Crippen molar-refractivity contribution in [2.75, 3.05) is 33.9 Å². The molecule has 1 heterocycles. The van der Waals surface area contributed by atoms with Crippen molar-refractivity contribution in [2.24, 2.45) is 5.92 Å². The predicted molar refractivity (Wildman–Crippen MR) is 77.9 cm³/mol. The molecular weight excluding hydrogens is 254 g/mol. The molecule has 2 rings (SSSR count). The number of amides is 1. The monoisotopic (exact) mass is 277 g/mol. The van der Waals surface area contributed by atoms with Crippen LogP contribution < -0.4 is 4.74 Å². The van der Waals surface area contributed by atoms with Gasteiger partial charge in [0.1, 0.15) is 5.75 Å². The minimum absolute atomic E-state index is 0.203. The van der Waals surface area contributed by atoms with E-state index in [1.54, 1.807) is 14.2 Å². The van der Waals surface area contributed by atoms with Crippen LogP contribution in [0.1, 0.15) is 18.4 Å². The third-order valence-corrected chi connectivity index (χ3v) is 3.86. The number of nitrogens with zero attached hydrogens (tertiary/aromatic N) is 1. The molecule has 0 radical (unpaired) electrons. The van der Waals surface area contributed by atoms with E-state index < -0.39 is 0 Å². The molecular formula is C16H23NO3. The molecule has 4 heteroatoms. The SMILES string of the molecule is COCC1CCN(C(=O)Cc2cccc(OC)c2)CC1. The van der Waals surface area contributed by atoms with Gasteiger partial charge in [-0.05, 0) is 36.5 Å². The molecule has 1 aliphatic heterocycles. The first-order chi connectivity index (χ1) is 9.72. The van der Waals surface area contributed by atoms with Crippen molar-refractivity contribution < 1.29 is 14.3 Å². The molecule has 0 bridgehead atoms. The highest BCUT2D eigenvalue weighted by molar-refractivity contribution is 5.79. The Morgan fingerprint density at radius 1 is 1.30 bits per heavy atom. The first-order valence-electron chi connectivity index (χ1n) is 7.12. The maximum atomic E-state index is 12.3. The minimum Gasteiger partial charge on any atom is -0.497 e. The summed E-state index contributed by atoms with van der Waals surface area (Å²) in [6, 6.07) is 7.71. The number of carbonyl (C=O) groups excluding carboxylic acids is 1. The van der Waals surface area contributed by atoms with Crippen LogP contribution in [0.5, 0.6) is 5.75 Å². The minimum atomic E-state index is 0.203. The zero-order chi connectivity index (χ0) is 14.4. The Kier molecular flexibility index (Phi) is 5.41. The van der Waals surface area contributed by atoms with Crippen molar-refractivity contribution in [1.82, 2.24) is 4.90 Å². The van der Waals surface area contributed by atoms with E-state index in [1.165, 1.54) is 0 Å². The smallest absolute Gasteiger partial charge is 0.226 e. The number of carbonyl (C=O) groups is 1. The summed E-state index contributed by atoms with van der Waals surface area (Å²) >= 11 is 0. The molecule has 0 saturated carbocycles. The summed E-state index contributed by atoms with van der Waals surface area (Å²) < 4.78 is 10.4. The Hall–Kier alpha value is -1.55. The van der Waals surface area contributed by atoms with Crippen LogP contribution in [0.25, 0.3) is 0 Å². The lowest BCUT2D eigenvalue weighted by molar-refractivity contribution is -0.132. The normalized spacial score (nSPS) is 16.2. The third-order valence-electron chi connectivity index (χ3n) is 3.86. The van der Waals surface area contributed by atoms with Crippen LogP contribution in [0, 0.1) is 5.92 Å². The molecule has 1 aromatic carbocycles. The molecule has 1 amide bonds. The van der Waals surface area contributed by atoms with Gasteiger partial charge in [-0.15, -0.1) is 0 Å². The Bertz CT molecular complexity index is 439. The lowest BCUT2D eigenvalue weighted by Crippen LogP contribution is -2.40. The maximum Gasteiger partial charge on any atom is 0.226 e. The number of likely N-dealkylation sites (tertiary alicyclic amines) is 1. The first kappa shape index (κ1) is 14.9. The van der Waals surface area contributed by atoms with Gasteiger partial charge < -0.3 is 14.4 Å². The molecule has 4 nitrogen and oxygen atoms in total. The standard InChI is InChI=1S/C16H23NO3/c1-19-12-13-6-8-17(9-7-13)16(18)11-14-4-3-5-15(10-14)20-2/h3-5,10,13H,6-9,11-12H2,1-2H3. The van der Waals surface area contributed by atoms with Gasteiger partial charge in [-0.1, -0.05) is 12.1 Å². The van der Waals surface area contributed by atoms with Gasteiger partial charge in [-0.25, -0.2) is 0 Å². The topological polar surface area (TPSA) is 38.8 Å². The van der Waals surface area contributed by atoms with Gasteiger partial charge in [-0.2, -0.15) is 0 Å². The molecule has 20 heavy (non-hydrogen) atoms. The fraction of sp³-hybridized carbons (Fsp3) is 0.562. The number of benzene rings is 1. The van der Waals surface area contributed by atoms with Gasteiger partial charge in [0.05, 0.1) is 13.5 Å². The van der Waals surface area contributed by atoms with Crippen molar-refractivity contribution in [3.8, 4) is 5.75 Å². The molecule has 110 valence electrons. The van der Waals surface area contributed by atoms with Gasteiger partial charge in [0.2, 0.25) is 5.91 Å². The van der Waals surface area contributed by atoms with Gasteiger partial charge in [0, 0.05) is 26.8 Å². The molecule has 0 atom stereocenters. The average Bonchev–Trinajstić information content (AvgIpc) is 2.48. The fourth-order valence-corrected chi connectivity index (χ4v) is 2.65. The van der Waals surface area contributed by atoms with Gasteiger partial charge in [0.15, 0.2) is 0 Å². The number of piperidine rings is 1. The van der Waals surface area contributed by atoms with E-state index in [2.05, 4.69) is 0 Å². The summed E-state index contributed by atoms with van der Waals surface area (Å²) in [4.78, 5) is 14.2. The Morgan fingerprint density at radius 2 is 2.05 bits per heavy atom. The summed E-state index contributed by atoms with van der Waals surface area (Å²) in [5.41, 5.74) is 1.01. The molecule has 1 saturated heterocycles. The predicted octanol–water partition coefficient (Wildman–Crippen LogP) is 2.12. The summed E-state index contributed by atoms with van der Waals surface area (Å²) in [6.45, 7) is 2.49. The summed E-state index contributed by atoms with van der Waals surface area (Å²) in [5, 5.41) is 0. The van der Waals surface area contributed by atoms with Crippen molar-refractivity contribution in [2.45, 2.75) is 19.3 Å². The zero-order valence-electron chi connectivity index (χ0n) is 12.3. The second-order valence-electron chi connectivity index (χ2n) is 5.31. The maximum absolute atomic E-state index is 12.3. The fourth-order valence-electron chi connectivity index (χ4n) is 2.65. The molecule has 0 unspecified atom stereocenters. The highest BCUT2D eigenvalue weighted by Crippen LogP contribution is 2.19. The number of hydrogen-bond donors (Lipinski definition) is 0. The Labute approximate surface area is 120 Å². The Balaban J connectivity index is 1.86. The average molecular weight is 277 g/mol. The highest BCUT2D eigenvalue weighted by atomic mass is 16.5. The molecule has 0 aromatic heterocycles. The van der Waals surface area contributed by atoms with E-state index in [9.17, 15) is 4.79 Å². The lowest BCUT2D eigenvalue weighted by Gasteiger charge is -2.31. The number of hydrogen-bond acceptors (Lipinski definition) is 3. The van der Waals surface area contributed by atoms with Crippen LogP contribution in [0.3, 0.4) is 0 Å². The molecule has 0 aliphatic carbocycles. The Morgan fingerprint density at radius 3 is 2.70 bits per heavy atom. The van der Waals surface area contributed by atoms with Crippen molar-refractivity contribution in [1.29, 1.82) is 0 Å². The van der Waals surface area contributed by atoms with Crippen LogP contribution >= 0.6 is 0 Å². The van der Waals surface area contributed by atoms with Crippen molar-refractivity contribution >= 4 is 5.91 Å². The van der Waals surface area contributed by atoms with Crippen molar-refractivity contribution in [3.63, 3.8) is 0 Å². The highest BCUT2D eigenvalue weighted by Gasteiger charge is 2.22. The van der Waals surface area contributed by atoms with E-state index in [0.29, 0.717) is 12.3 Å². The molecule has 0 spiro atoms. The van der Waals surface area contributed by atoms with Crippen LogP contribution in [0.2, 0.25) is 0 Å². The molecule has 1 aliphatic rings. The van der Waals surface area contributed by atoms with E-state index in [4.69, 9.17) is 9.47 Å². The van der Waals surface area contributed by atoms with Gasteiger partial charge >= 0.3 is 0 Å². The van der Waals surface area contributed by atoms with Crippen LogP contribution in [-0.2, 0) is 16.0 Å². The lowest BCUT2D eigenvalue weighted by atomic mass is 9.97. The van der Waals surface area contributed by atoms with Crippen LogP contribution in [0.4, 0.5) is 0 Å². The number of ether oxygens (including phenoxy) is 2. The second kappa shape index (κ2) is 7.29. The van der Waals surface area contributed by atoms with E-state index in [1.807, 2.05) is 29.2 Å². The van der Waals surface area contributed by atoms with E-state index in [0.717, 1.165) is 43.9 Å². The number of rotatable bonds is 5. The van der Waals surface area contributed by atoms with Crippen LogP contribution in [0.15, 0.2) is 24.3 Å². The van der Waals surface area contributed by atoms with Gasteiger partial charge in [0.25, 0.3) is 0 Å². The molecule has 1 aromatic rings. The number of methoxy groups -OCH3 is 2. The zero-order valence-corrected chi connectivity index (χ0v) is 12.3. The van der Waals surface area contributed by atoms with E-state index in [-0.39, 0.29) is 5.91 Å². The van der Waals surface area contributed by atoms with Crippen LogP contribution in [-0.4, -0.2) is 44.7 Å². The quantitative estimate of drug-likeness (QED) is 0.827. The largest absolute Gasteiger partial charge is 0.497 e. The second-order valence-corrected chi connectivity index (χ2v) is 5.31. The van der Waals surface area contributed by atoms with Crippen molar-refractivity contribution in [3.05, 3.63) is 29.8 Å². The summed E-state index contributed by atoms with van der Waals surface area (Å²) in [7, 11) is 3.38. The molecule has 1 fully saturated rings.